The summed E-state index contributed by atoms with van der Waals surface area (Å²) in [5.74, 6) is 0. The van der Waals surface area contributed by atoms with Crippen molar-refractivity contribution >= 4 is 9.84 Å². The minimum absolute atomic E-state index is 0.00926. The van der Waals surface area contributed by atoms with Crippen LogP contribution in [0, 0.1) is 0 Å². The Balaban J connectivity index is 0.000000561. The molecule has 1 aromatic rings. The molecule has 0 radical (unpaired) electrons. The Kier molecular flexibility index (Phi) is 4.43. The summed E-state index contributed by atoms with van der Waals surface area (Å²) in [6.07, 6.45) is 5.08. The molecule has 0 aliphatic heterocycles. The van der Waals surface area contributed by atoms with Gasteiger partial charge in [-0.15, -0.1) is 0 Å². The van der Waals surface area contributed by atoms with E-state index < -0.39 is 9.84 Å². The van der Waals surface area contributed by atoms with Crippen LogP contribution >= 0.6 is 0 Å². The average Bonchev–Trinajstić information content (AvgIpc) is 2.08. The van der Waals surface area contributed by atoms with E-state index in [0.29, 0.717) is 0 Å². The second-order valence-corrected chi connectivity index (χ2v) is 3.78. The third-order valence-electron chi connectivity index (χ3n) is 0.919. The summed E-state index contributed by atoms with van der Waals surface area (Å²) in [4.78, 5) is 7.21. The van der Waals surface area contributed by atoms with Crippen molar-refractivity contribution in [3.8, 4) is 0 Å². The molecule has 0 aliphatic rings. The lowest BCUT2D eigenvalue weighted by molar-refractivity contribution is 0.597. The first kappa shape index (κ1) is 11.0. The van der Waals surface area contributed by atoms with E-state index in [-0.39, 0.29) is 5.03 Å². The maximum Gasteiger partial charge on any atom is 0.194 e. The molecule has 5 heteroatoms. The van der Waals surface area contributed by atoms with Crippen LogP contribution in [0.4, 0.5) is 0 Å². The topological polar surface area (TPSA) is 59.9 Å². The highest BCUT2D eigenvalue weighted by Crippen LogP contribution is 1.98. The van der Waals surface area contributed by atoms with Crippen molar-refractivity contribution in [2.45, 2.75) is 18.9 Å². The number of hydrogen-bond donors (Lipinski definition) is 0. The molecule has 0 aromatic carbocycles. The average molecular weight is 188 g/mol. The molecule has 0 unspecified atom stereocenters. The lowest BCUT2D eigenvalue weighted by atomic mass is 10.8. The fraction of sp³-hybridized carbons (Fsp3) is 0.429. The van der Waals surface area contributed by atoms with Gasteiger partial charge in [-0.25, -0.2) is 13.4 Å². The molecule has 0 spiro atoms. The number of nitrogens with zero attached hydrogens (tertiary/aromatic N) is 2. The molecule has 4 nitrogen and oxygen atoms in total. The highest BCUT2D eigenvalue weighted by molar-refractivity contribution is 7.90. The molecular weight excluding hydrogens is 176 g/mol. The minimum atomic E-state index is -3.18. The van der Waals surface area contributed by atoms with Crippen LogP contribution in [0.15, 0.2) is 23.6 Å². The Morgan fingerprint density at radius 2 is 1.83 bits per heavy atom. The largest absolute Gasteiger partial charge is 0.260 e. The molecule has 1 aromatic heterocycles. The number of rotatable bonds is 1. The fourth-order valence-corrected chi connectivity index (χ4v) is 0.982. The lowest BCUT2D eigenvalue weighted by Gasteiger charge is -1.91. The van der Waals surface area contributed by atoms with E-state index >= 15 is 0 Å². The van der Waals surface area contributed by atoms with Gasteiger partial charge in [0.1, 0.15) is 0 Å². The molecule has 0 amide bonds. The molecule has 0 saturated carbocycles. The van der Waals surface area contributed by atoms with Gasteiger partial charge in [0.25, 0.3) is 0 Å². The third-order valence-corrected chi connectivity index (χ3v) is 1.89. The second kappa shape index (κ2) is 4.82. The molecule has 12 heavy (non-hydrogen) atoms. The standard InChI is InChI=1S/C5H6N2O2S.C2H6/c1-10(8,9)5-4-6-2-3-7-5;1-2/h2-4H,1H3;1-2H3. The van der Waals surface area contributed by atoms with Crippen LogP contribution in [0.1, 0.15) is 13.8 Å². The molecule has 0 aliphatic carbocycles. The van der Waals surface area contributed by atoms with Gasteiger partial charge < -0.3 is 0 Å². The maximum absolute atomic E-state index is 10.7. The van der Waals surface area contributed by atoms with Crippen molar-refractivity contribution in [3.05, 3.63) is 18.6 Å². The summed E-state index contributed by atoms with van der Waals surface area (Å²) in [6, 6.07) is 0. The number of hydrogen-bond acceptors (Lipinski definition) is 4. The zero-order valence-electron chi connectivity index (χ0n) is 7.35. The van der Waals surface area contributed by atoms with Gasteiger partial charge in [0, 0.05) is 18.6 Å². The SMILES string of the molecule is CC.CS(=O)(=O)c1cnccn1. The van der Waals surface area contributed by atoms with E-state index in [1.807, 2.05) is 13.8 Å². The molecule has 68 valence electrons. The summed E-state index contributed by atoms with van der Waals surface area (Å²) < 4.78 is 21.5. The van der Waals surface area contributed by atoms with Crippen LogP contribution in [-0.4, -0.2) is 24.6 Å². The second-order valence-electron chi connectivity index (χ2n) is 1.82. The van der Waals surface area contributed by atoms with Gasteiger partial charge in [0.05, 0.1) is 6.20 Å². The highest BCUT2D eigenvalue weighted by Gasteiger charge is 2.06. The van der Waals surface area contributed by atoms with Crippen molar-refractivity contribution in [1.82, 2.24) is 9.97 Å². The Morgan fingerprint density at radius 3 is 2.08 bits per heavy atom. The predicted molar refractivity (Wildman–Crippen MR) is 46.5 cm³/mol. The lowest BCUT2D eigenvalue weighted by Crippen LogP contribution is -1.99. The molecule has 1 rings (SSSR count). The van der Waals surface area contributed by atoms with Gasteiger partial charge in [-0.1, -0.05) is 13.8 Å². The summed E-state index contributed by atoms with van der Waals surface area (Å²) >= 11 is 0. The van der Waals surface area contributed by atoms with E-state index in [0.717, 1.165) is 6.26 Å². The number of sulfone groups is 1. The van der Waals surface area contributed by atoms with Gasteiger partial charge in [0.2, 0.25) is 0 Å². The zero-order chi connectivity index (χ0) is 9.61. The first-order valence-corrected chi connectivity index (χ1v) is 5.46. The smallest absolute Gasteiger partial charge is 0.194 e. The van der Waals surface area contributed by atoms with Gasteiger partial charge in [0.15, 0.2) is 14.9 Å². The molecule has 0 fully saturated rings. The van der Waals surface area contributed by atoms with E-state index in [4.69, 9.17) is 0 Å². The van der Waals surface area contributed by atoms with Crippen molar-refractivity contribution < 1.29 is 8.42 Å². The van der Waals surface area contributed by atoms with Crippen molar-refractivity contribution in [1.29, 1.82) is 0 Å². The van der Waals surface area contributed by atoms with Gasteiger partial charge in [-0.3, -0.25) is 4.98 Å². The number of aromatic nitrogens is 2. The fourth-order valence-electron chi connectivity index (χ4n) is 0.477. The van der Waals surface area contributed by atoms with Crippen LogP contribution in [-0.2, 0) is 9.84 Å². The Bertz CT molecular complexity index is 307. The van der Waals surface area contributed by atoms with Gasteiger partial charge in [-0.2, -0.15) is 0 Å². The Morgan fingerprint density at radius 1 is 1.25 bits per heavy atom. The van der Waals surface area contributed by atoms with E-state index in [2.05, 4.69) is 9.97 Å². The first-order chi connectivity index (χ1) is 5.61. The molecule has 0 N–H and O–H groups in total. The summed E-state index contributed by atoms with van der Waals surface area (Å²) in [6.45, 7) is 4.00. The van der Waals surface area contributed by atoms with Gasteiger partial charge >= 0.3 is 0 Å². The third kappa shape index (κ3) is 3.43. The van der Waals surface area contributed by atoms with Crippen LogP contribution in [0.2, 0.25) is 0 Å². The van der Waals surface area contributed by atoms with Crippen molar-refractivity contribution in [3.63, 3.8) is 0 Å². The first-order valence-electron chi connectivity index (χ1n) is 3.57. The Labute approximate surface area is 72.6 Å². The molecule has 0 saturated heterocycles. The molecule has 0 bridgehead atoms. The van der Waals surface area contributed by atoms with Crippen molar-refractivity contribution in [2.75, 3.05) is 6.26 Å². The highest BCUT2D eigenvalue weighted by atomic mass is 32.2. The summed E-state index contributed by atoms with van der Waals surface area (Å²) in [5.41, 5.74) is 0. The monoisotopic (exact) mass is 188 g/mol. The van der Waals surface area contributed by atoms with Crippen LogP contribution in [0.25, 0.3) is 0 Å². The van der Waals surface area contributed by atoms with Gasteiger partial charge in [-0.05, 0) is 0 Å². The predicted octanol–water partition coefficient (Wildman–Crippen LogP) is 0.906. The minimum Gasteiger partial charge on any atom is -0.260 e. The molecule has 1 heterocycles. The van der Waals surface area contributed by atoms with Crippen molar-refractivity contribution in [2.24, 2.45) is 0 Å². The van der Waals surface area contributed by atoms with E-state index in [1.54, 1.807) is 0 Å². The normalized spacial score (nSPS) is 9.92. The molecule has 0 atom stereocenters. The Hall–Kier alpha value is -0.970. The van der Waals surface area contributed by atoms with E-state index in [1.165, 1.54) is 18.6 Å². The van der Waals surface area contributed by atoms with Crippen LogP contribution in [0.3, 0.4) is 0 Å². The summed E-state index contributed by atoms with van der Waals surface area (Å²) in [5, 5.41) is 0.00926. The van der Waals surface area contributed by atoms with Crippen LogP contribution < -0.4 is 0 Å². The van der Waals surface area contributed by atoms with Crippen LogP contribution in [0.5, 0.6) is 0 Å². The quantitative estimate of drug-likeness (QED) is 0.657. The zero-order valence-corrected chi connectivity index (χ0v) is 8.17. The van der Waals surface area contributed by atoms with E-state index in [9.17, 15) is 8.42 Å². The maximum atomic E-state index is 10.7. The molecular formula is C7H12N2O2S. The summed E-state index contributed by atoms with van der Waals surface area (Å²) in [7, 11) is -3.18.